The maximum Gasteiger partial charge on any atom is 1.00 e. The molecule has 1 amide bonds. The third kappa shape index (κ3) is 7.66. The van der Waals surface area contributed by atoms with Gasteiger partial charge in [0.1, 0.15) is 6.61 Å². The van der Waals surface area contributed by atoms with Crippen LogP contribution in [-0.2, 0) is 16.1 Å². The number of carbonyl (C=O) groups excluding carboxylic acids is 2. The molecule has 7 heteroatoms. The fourth-order valence-corrected chi connectivity index (χ4v) is 2.87. The summed E-state index contributed by atoms with van der Waals surface area (Å²) in [7, 11) is 0. The average molecular weight is 408 g/mol. The summed E-state index contributed by atoms with van der Waals surface area (Å²) in [4.78, 5) is 22.4. The van der Waals surface area contributed by atoms with E-state index in [2.05, 4.69) is 21.2 Å². The minimum Gasteiger partial charge on any atom is -0.550 e. The van der Waals surface area contributed by atoms with Gasteiger partial charge in [0.05, 0.1) is 0 Å². The largest absolute Gasteiger partial charge is 1.00 e. The number of carboxylic acid groups (broad SMARTS) is 1. The van der Waals surface area contributed by atoms with E-state index in [1.54, 1.807) is 0 Å². The second-order valence-electron chi connectivity index (χ2n) is 5.62. The van der Waals surface area contributed by atoms with Crippen molar-refractivity contribution in [1.82, 2.24) is 5.32 Å². The Hall–Kier alpha value is 0.0764. The van der Waals surface area contributed by atoms with Gasteiger partial charge < -0.3 is 20.0 Å². The smallest absolute Gasteiger partial charge is 0.550 e. The Morgan fingerprint density at radius 2 is 1.78 bits per heavy atom. The second-order valence-corrected chi connectivity index (χ2v) is 6.54. The van der Waals surface area contributed by atoms with Crippen molar-refractivity contribution in [2.75, 3.05) is 6.54 Å². The first-order valence-electron chi connectivity index (χ1n) is 7.40. The number of benzene rings is 1. The molecule has 0 radical (unpaired) electrons. The van der Waals surface area contributed by atoms with Gasteiger partial charge >= 0.3 is 57.5 Å². The summed E-state index contributed by atoms with van der Waals surface area (Å²) in [5, 5.41) is 13.5. The van der Waals surface area contributed by atoms with Crippen molar-refractivity contribution < 1.29 is 70.8 Å². The molecule has 0 atom stereocenters. The number of carboxylic acids is 1. The first-order valence-corrected chi connectivity index (χ1v) is 8.20. The molecule has 5 nitrogen and oxygen atoms in total. The molecule has 1 aliphatic carbocycles. The van der Waals surface area contributed by atoms with Crippen LogP contribution in [0.1, 0.15) is 31.2 Å². The monoisotopic (exact) mass is 407 g/mol. The van der Waals surface area contributed by atoms with Crippen LogP contribution in [-0.4, -0.2) is 18.6 Å². The van der Waals surface area contributed by atoms with Crippen LogP contribution in [0, 0.1) is 11.8 Å². The Morgan fingerprint density at radius 1 is 1.17 bits per heavy atom. The Kier molecular flexibility index (Phi) is 9.95. The van der Waals surface area contributed by atoms with E-state index < -0.39 is 12.1 Å². The van der Waals surface area contributed by atoms with Crippen LogP contribution in [0.2, 0.25) is 0 Å². The first-order chi connectivity index (χ1) is 10.5. The summed E-state index contributed by atoms with van der Waals surface area (Å²) in [6.07, 6.45) is 2.41. The molecular weight excluding hydrogens is 389 g/mol. The molecule has 1 aromatic carbocycles. The number of ether oxygens (including phenoxy) is 1. The van der Waals surface area contributed by atoms with Crippen LogP contribution in [0.5, 0.6) is 0 Å². The van der Waals surface area contributed by atoms with Crippen molar-refractivity contribution in [1.29, 1.82) is 0 Å². The van der Waals surface area contributed by atoms with E-state index in [1.807, 2.05) is 24.3 Å². The molecule has 1 saturated carbocycles. The third-order valence-corrected chi connectivity index (χ3v) is 4.53. The molecule has 0 spiro atoms. The normalized spacial score (nSPS) is 20.2. The molecule has 2 rings (SSSR count). The molecule has 120 valence electrons. The van der Waals surface area contributed by atoms with Crippen LogP contribution in [0.25, 0.3) is 0 Å². The molecular formula is C16H19BrKNO4. The van der Waals surface area contributed by atoms with E-state index in [4.69, 9.17) is 4.74 Å². The molecule has 0 bridgehead atoms. The predicted octanol–water partition coefficient (Wildman–Crippen LogP) is -0.764. The van der Waals surface area contributed by atoms with Gasteiger partial charge in [0.25, 0.3) is 0 Å². The van der Waals surface area contributed by atoms with Gasteiger partial charge in [-0.2, -0.15) is 0 Å². The molecule has 0 unspecified atom stereocenters. The van der Waals surface area contributed by atoms with E-state index in [0.717, 1.165) is 22.9 Å². The van der Waals surface area contributed by atoms with Crippen LogP contribution >= 0.6 is 15.9 Å². The quantitative estimate of drug-likeness (QED) is 0.650. The van der Waals surface area contributed by atoms with Crippen molar-refractivity contribution in [2.24, 2.45) is 11.8 Å². The zero-order chi connectivity index (χ0) is 15.9. The van der Waals surface area contributed by atoms with Gasteiger partial charge in [-0.25, -0.2) is 4.79 Å². The van der Waals surface area contributed by atoms with Gasteiger partial charge in [-0.3, -0.25) is 0 Å². The van der Waals surface area contributed by atoms with Gasteiger partial charge in [0, 0.05) is 17.0 Å². The van der Waals surface area contributed by atoms with Crippen molar-refractivity contribution in [3.8, 4) is 0 Å². The van der Waals surface area contributed by atoms with Crippen molar-refractivity contribution in [3.05, 3.63) is 34.3 Å². The number of alkyl carbamates (subject to hydrolysis) is 1. The molecule has 1 aliphatic rings. The van der Waals surface area contributed by atoms with E-state index in [-0.39, 0.29) is 63.9 Å². The zero-order valence-corrected chi connectivity index (χ0v) is 17.9. The number of amides is 1. The van der Waals surface area contributed by atoms with E-state index in [9.17, 15) is 14.7 Å². The van der Waals surface area contributed by atoms with Crippen LogP contribution in [0.4, 0.5) is 4.79 Å². The van der Waals surface area contributed by atoms with Crippen LogP contribution < -0.4 is 61.8 Å². The standard InChI is InChI=1S/C16H20BrNO4.K/c17-14-7-3-12(4-8-14)10-22-16(21)18-9-11-1-5-13(6-2-11)15(19)20;/h3-4,7-8,11,13H,1-2,5-6,9-10H2,(H,18,21)(H,19,20);/q;+1/p-1. The molecule has 1 aromatic rings. The summed E-state index contributed by atoms with van der Waals surface area (Å²) in [5.74, 6) is -0.975. The summed E-state index contributed by atoms with van der Waals surface area (Å²) >= 11 is 3.35. The van der Waals surface area contributed by atoms with E-state index in [0.29, 0.717) is 25.3 Å². The number of rotatable bonds is 5. The van der Waals surface area contributed by atoms with Crippen molar-refractivity contribution >= 4 is 28.0 Å². The number of hydrogen-bond donors (Lipinski definition) is 1. The number of nitrogens with one attached hydrogen (secondary N) is 1. The molecule has 23 heavy (non-hydrogen) atoms. The molecule has 0 heterocycles. The number of aliphatic carboxylic acids is 1. The maximum absolute atomic E-state index is 11.7. The Balaban J connectivity index is 0.00000264. The summed E-state index contributed by atoms with van der Waals surface area (Å²) in [6.45, 7) is 0.759. The van der Waals surface area contributed by atoms with Gasteiger partial charge in [0.15, 0.2) is 0 Å². The van der Waals surface area contributed by atoms with Gasteiger partial charge in [-0.1, -0.05) is 28.1 Å². The van der Waals surface area contributed by atoms with E-state index >= 15 is 0 Å². The van der Waals surface area contributed by atoms with Crippen molar-refractivity contribution in [2.45, 2.75) is 32.3 Å². The third-order valence-electron chi connectivity index (χ3n) is 4.00. The summed E-state index contributed by atoms with van der Waals surface area (Å²) in [6, 6.07) is 7.57. The Bertz CT molecular complexity index is 515. The number of halogens is 1. The maximum atomic E-state index is 11.7. The first kappa shape index (κ1) is 21.1. The number of hydrogen-bond acceptors (Lipinski definition) is 4. The van der Waals surface area contributed by atoms with Crippen LogP contribution in [0.15, 0.2) is 28.7 Å². The fourth-order valence-electron chi connectivity index (χ4n) is 2.61. The molecule has 1 N–H and O–H groups in total. The summed E-state index contributed by atoms with van der Waals surface area (Å²) in [5.41, 5.74) is 0.924. The van der Waals surface area contributed by atoms with Crippen LogP contribution in [0.3, 0.4) is 0 Å². The molecule has 0 saturated heterocycles. The fraction of sp³-hybridized carbons (Fsp3) is 0.500. The summed E-state index contributed by atoms with van der Waals surface area (Å²) < 4.78 is 6.13. The average Bonchev–Trinajstić information content (AvgIpc) is 2.52. The topological polar surface area (TPSA) is 78.5 Å². The zero-order valence-electron chi connectivity index (χ0n) is 13.2. The SMILES string of the molecule is O=C(NCC1CCC(C(=O)[O-])CC1)OCc1ccc(Br)cc1.[K+]. The molecule has 1 fully saturated rings. The molecule has 0 aromatic heterocycles. The number of carbonyl (C=O) groups is 2. The van der Waals surface area contributed by atoms with Crippen molar-refractivity contribution in [3.63, 3.8) is 0 Å². The molecule has 0 aliphatic heterocycles. The predicted molar refractivity (Wildman–Crippen MR) is 82.8 cm³/mol. The van der Waals surface area contributed by atoms with E-state index in [1.165, 1.54) is 0 Å². The minimum atomic E-state index is -0.958. The van der Waals surface area contributed by atoms with Gasteiger partial charge in [-0.15, -0.1) is 0 Å². The Labute approximate surface area is 187 Å². The Morgan fingerprint density at radius 3 is 2.35 bits per heavy atom. The van der Waals surface area contributed by atoms with Gasteiger partial charge in [-0.05, 0) is 55.2 Å². The van der Waals surface area contributed by atoms with Gasteiger partial charge in [0.2, 0.25) is 0 Å². The minimum absolute atomic E-state index is 0. The second kappa shape index (κ2) is 10.8.